The molecule has 0 fully saturated rings. The number of nitrogens with zero attached hydrogens (tertiary/aromatic N) is 1. The van der Waals surface area contributed by atoms with Gasteiger partial charge in [-0.25, -0.2) is 4.98 Å². The van der Waals surface area contributed by atoms with Crippen LogP contribution >= 0.6 is 46.3 Å². The zero-order chi connectivity index (χ0) is 27.2. The summed E-state index contributed by atoms with van der Waals surface area (Å²) in [6.45, 7) is 0. The van der Waals surface area contributed by atoms with Crippen LogP contribution in [0.2, 0.25) is 10.0 Å². The number of hydrogen-bond donors (Lipinski definition) is 2. The topological polar surface area (TPSA) is 71.1 Å². The lowest BCUT2D eigenvalue weighted by Crippen LogP contribution is -2.19. The third-order valence-electron chi connectivity index (χ3n) is 5.65. The quantitative estimate of drug-likeness (QED) is 0.177. The van der Waals surface area contributed by atoms with Crippen LogP contribution in [0.3, 0.4) is 0 Å². The molecule has 1 aromatic heterocycles. The van der Waals surface area contributed by atoms with E-state index >= 15 is 0 Å². The fourth-order valence-electron chi connectivity index (χ4n) is 3.77. The number of rotatable bonds is 8. The fourth-order valence-corrected chi connectivity index (χ4v) is 5.89. The Hall–Kier alpha value is -3.62. The van der Waals surface area contributed by atoms with E-state index in [2.05, 4.69) is 15.6 Å². The molecule has 0 aliphatic heterocycles. The summed E-state index contributed by atoms with van der Waals surface area (Å²) < 4.78 is 0. The summed E-state index contributed by atoms with van der Waals surface area (Å²) in [7, 11) is 0. The molecule has 5 aromatic rings. The van der Waals surface area contributed by atoms with Crippen molar-refractivity contribution in [1.82, 2.24) is 4.98 Å². The van der Waals surface area contributed by atoms with Crippen LogP contribution in [-0.4, -0.2) is 16.8 Å². The lowest BCUT2D eigenvalue weighted by Gasteiger charge is -2.17. The number of amides is 2. The lowest BCUT2D eigenvalue weighted by atomic mass is 10.1. The van der Waals surface area contributed by atoms with Crippen molar-refractivity contribution in [3.05, 3.63) is 130 Å². The number of thiazole rings is 1. The Labute approximate surface area is 244 Å². The molecule has 0 spiro atoms. The number of carbonyl (C=O) groups excluding carboxylic acids is 2. The fraction of sp³-hybridized carbons (Fsp3) is 0.0333. The Kier molecular flexibility index (Phi) is 8.64. The summed E-state index contributed by atoms with van der Waals surface area (Å²) in [5.74, 6) is -0.464. The average Bonchev–Trinajstić information content (AvgIpc) is 3.41. The molecule has 39 heavy (non-hydrogen) atoms. The van der Waals surface area contributed by atoms with Gasteiger partial charge in [-0.1, -0.05) is 77.8 Å². The second kappa shape index (κ2) is 12.5. The SMILES string of the molecule is O=C(Nc1cccc(SC(C(=O)Nc2nc(-c3ccc(Cl)cc3)cs2)c2ccccc2)c1)c1cccc(Cl)c1. The molecule has 1 heterocycles. The minimum atomic E-state index is -0.548. The second-order valence-electron chi connectivity index (χ2n) is 8.43. The normalized spacial score (nSPS) is 11.5. The molecule has 0 saturated carbocycles. The maximum atomic E-state index is 13.5. The predicted molar refractivity (Wildman–Crippen MR) is 162 cm³/mol. The van der Waals surface area contributed by atoms with E-state index in [9.17, 15) is 9.59 Å². The summed E-state index contributed by atoms with van der Waals surface area (Å²) in [5.41, 5.74) is 3.61. The average molecular weight is 591 g/mol. The first-order valence-electron chi connectivity index (χ1n) is 11.9. The van der Waals surface area contributed by atoms with E-state index in [1.54, 1.807) is 30.3 Å². The number of hydrogen-bond acceptors (Lipinski definition) is 5. The first-order chi connectivity index (χ1) is 18.9. The van der Waals surface area contributed by atoms with E-state index in [-0.39, 0.29) is 11.8 Å². The molecule has 5 nitrogen and oxygen atoms in total. The highest BCUT2D eigenvalue weighted by molar-refractivity contribution is 8.00. The molecule has 0 bridgehead atoms. The van der Waals surface area contributed by atoms with Gasteiger partial charge < -0.3 is 10.6 Å². The Balaban J connectivity index is 1.33. The van der Waals surface area contributed by atoms with Gasteiger partial charge in [0.05, 0.1) is 5.69 Å². The number of thioether (sulfide) groups is 1. The van der Waals surface area contributed by atoms with Crippen molar-refractivity contribution >= 4 is 68.9 Å². The van der Waals surface area contributed by atoms with Gasteiger partial charge in [-0.05, 0) is 54.1 Å². The molecule has 9 heteroatoms. The van der Waals surface area contributed by atoms with Crippen LogP contribution in [-0.2, 0) is 4.79 Å². The first-order valence-corrected chi connectivity index (χ1v) is 14.4. The summed E-state index contributed by atoms with van der Waals surface area (Å²) in [6, 6.07) is 31.1. The van der Waals surface area contributed by atoms with E-state index in [1.165, 1.54) is 23.1 Å². The van der Waals surface area contributed by atoms with Crippen molar-refractivity contribution in [3.8, 4) is 11.3 Å². The van der Waals surface area contributed by atoms with Crippen LogP contribution in [0.15, 0.2) is 113 Å². The number of anilines is 2. The summed E-state index contributed by atoms with van der Waals surface area (Å²) in [6.07, 6.45) is 0. The van der Waals surface area contributed by atoms with Gasteiger partial charge in [0.2, 0.25) is 5.91 Å². The minimum Gasteiger partial charge on any atom is -0.322 e. The van der Waals surface area contributed by atoms with Crippen molar-refractivity contribution in [3.63, 3.8) is 0 Å². The van der Waals surface area contributed by atoms with Gasteiger partial charge in [0.25, 0.3) is 5.91 Å². The zero-order valence-corrected chi connectivity index (χ0v) is 23.5. The molecule has 194 valence electrons. The van der Waals surface area contributed by atoms with Crippen LogP contribution in [0, 0.1) is 0 Å². The summed E-state index contributed by atoms with van der Waals surface area (Å²) >= 11 is 14.8. The number of carbonyl (C=O) groups is 2. The van der Waals surface area contributed by atoms with Gasteiger partial charge in [0.1, 0.15) is 5.25 Å². The smallest absolute Gasteiger partial charge is 0.255 e. The molecular formula is C30H21Cl2N3O2S2. The van der Waals surface area contributed by atoms with Crippen LogP contribution in [0.25, 0.3) is 11.3 Å². The number of nitrogens with one attached hydrogen (secondary N) is 2. The largest absolute Gasteiger partial charge is 0.322 e. The monoisotopic (exact) mass is 589 g/mol. The van der Waals surface area contributed by atoms with E-state index in [4.69, 9.17) is 23.2 Å². The second-order valence-corrected chi connectivity index (χ2v) is 11.3. The number of aromatic nitrogens is 1. The van der Waals surface area contributed by atoms with E-state index < -0.39 is 5.25 Å². The van der Waals surface area contributed by atoms with Crippen molar-refractivity contribution in [1.29, 1.82) is 0 Å². The van der Waals surface area contributed by atoms with Crippen LogP contribution in [0.1, 0.15) is 21.2 Å². The Morgan fingerprint density at radius 3 is 2.33 bits per heavy atom. The first kappa shape index (κ1) is 27.0. The van der Waals surface area contributed by atoms with Crippen molar-refractivity contribution in [2.75, 3.05) is 10.6 Å². The molecule has 4 aromatic carbocycles. The highest BCUT2D eigenvalue weighted by atomic mass is 35.5. The maximum absolute atomic E-state index is 13.5. The maximum Gasteiger partial charge on any atom is 0.255 e. The van der Waals surface area contributed by atoms with Gasteiger partial charge in [-0.15, -0.1) is 23.1 Å². The highest BCUT2D eigenvalue weighted by Gasteiger charge is 2.23. The molecule has 0 radical (unpaired) electrons. The summed E-state index contributed by atoms with van der Waals surface area (Å²) in [4.78, 5) is 31.6. The minimum absolute atomic E-state index is 0.198. The molecule has 1 atom stereocenters. The van der Waals surface area contributed by atoms with Gasteiger partial charge in [0.15, 0.2) is 5.13 Å². The van der Waals surface area contributed by atoms with Crippen molar-refractivity contribution in [2.45, 2.75) is 10.1 Å². The van der Waals surface area contributed by atoms with Gasteiger partial charge >= 0.3 is 0 Å². The van der Waals surface area contributed by atoms with E-state index in [1.807, 2.05) is 78.2 Å². The third-order valence-corrected chi connectivity index (χ3v) is 8.14. The van der Waals surface area contributed by atoms with E-state index in [0.29, 0.717) is 26.4 Å². The number of benzene rings is 4. The highest BCUT2D eigenvalue weighted by Crippen LogP contribution is 2.38. The Morgan fingerprint density at radius 1 is 0.795 bits per heavy atom. The predicted octanol–water partition coefficient (Wildman–Crippen LogP) is 8.84. The lowest BCUT2D eigenvalue weighted by molar-refractivity contribution is -0.115. The molecule has 0 aliphatic rings. The van der Waals surface area contributed by atoms with Gasteiger partial charge in [0, 0.05) is 37.1 Å². The van der Waals surface area contributed by atoms with Crippen LogP contribution in [0.4, 0.5) is 10.8 Å². The molecule has 2 amide bonds. The van der Waals surface area contributed by atoms with E-state index in [0.717, 1.165) is 21.7 Å². The molecular weight excluding hydrogens is 569 g/mol. The third kappa shape index (κ3) is 7.07. The molecule has 2 N–H and O–H groups in total. The number of halogens is 2. The van der Waals surface area contributed by atoms with Crippen LogP contribution in [0.5, 0.6) is 0 Å². The summed E-state index contributed by atoms with van der Waals surface area (Å²) in [5, 5.41) is 8.88. The molecule has 0 aliphatic carbocycles. The van der Waals surface area contributed by atoms with Crippen molar-refractivity contribution < 1.29 is 9.59 Å². The molecule has 0 saturated heterocycles. The van der Waals surface area contributed by atoms with Crippen molar-refractivity contribution in [2.24, 2.45) is 0 Å². The van der Waals surface area contributed by atoms with Gasteiger partial charge in [-0.2, -0.15) is 0 Å². The Morgan fingerprint density at radius 2 is 1.56 bits per heavy atom. The molecule has 5 rings (SSSR count). The zero-order valence-electron chi connectivity index (χ0n) is 20.3. The standard InChI is InChI=1S/C30H21Cl2N3O2S2/c31-22-14-12-19(13-15-22)26-18-38-30(34-26)35-29(37)27(20-6-2-1-3-7-20)39-25-11-5-10-24(17-25)33-28(36)21-8-4-9-23(32)16-21/h1-18,27H,(H,33,36)(H,34,35,37). The van der Waals surface area contributed by atoms with Crippen LogP contribution < -0.4 is 10.6 Å². The van der Waals surface area contributed by atoms with Gasteiger partial charge in [-0.3, -0.25) is 9.59 Å². The molecule has 1 unspecified atom stereocenters. The Bertz CT molecular complexity index is 1610.